The molecule has 7 heteroatoms. The van der Waals surface area contributed by atoms with Crippen molar-refractivity contribution < 1.29 is 4.79 Å². The number of carbonyl (C=O) groups excluding carboxylic acids is 1. The van der Waals surface area contributed by atoms with Crippen LogP contribution >= 0.6 is 12.4 Å². The average molecular weight is 339 g/mol. The maximum Gasteiger partial charge on any atom is 0.328 e. The predicted molar refractivity (Wildman–Crippen MR) is 94.2 cm³/mol. The Morgan fingerprint density at radius 1 is 1.30 bits per heavy atom. The van der Waals surface area contributed by atoms with Gasteiger partial charge in [0.05, 0.1) is 11.0 Å². The van der Waals surface area contributed by atoms with Crippen LogP contribution in [-0.2, 0) is 18.9 Å². The molecule has 3 rings (SSSR count). The van der Waals surface area contributed by atoms with Crippen molar-refractivity contribution in [1.29, 1.82) is 0 Å². The summed E-state index contributed by atoms with van der Waals surface area (Å²) in [4.78, 5) is 24.0. The largest absolute Gasteiger partial charge is 0.328 e. The van der Waals surface area contributed by atoms with Gasteiger partial charge in [-0.3, -0.25) is 13.9 Å². The fourth-order valence-corrected chi connectivity index (χ4v) is 3.10. The second kappa shape index (κ2) is 7.19. The number of hydrogen-bond donors (Lipinski definition) is 2. The summed E-state index contributed by atoms with van der Waals surface area (Å²) in [5.41, 5.74) is 2.36. The third-order valence-electron chi connectivity index (χ3n) is 4.50. The Balaban J connectivity index is 0.00000192. The van der Waals surface area contributed by atoms with E-state index in [0.29, 0.717) is 12.3 Å². The maximum atomic E-state index is 12.1. The quantitative estimate of drug-likeness (QED) is 0.890. The molecule has 0 saturated carbocycles. The van der Waals surface area contributed by atoms with Crippen LogP contribution in [0.1, 0.15) is 19.3 Å². The molecule has 1 aromatic heterocycles. The fourth-order valence-electron chi connectivity index (χ4n) is 3.10. The summed E-state index contributed by atoms with van der Waals surface area (Å²) in [5, 5.41) is 6.24. The number of fused-ring (bicyclic) bond motifs is 1. The highest BCUT2D eigenvalue weighted by Gasteiger charge is 2.16. The monoisotopic (exact) mass is 338 g/mol. The summed E-state index contributed by atoms with van der Waals surface area (Å²) in [5.74, 6) is 0.648. The third-order valence-corrected chi connectivity index (χ3v) is 4.50. The number of aryl methyl sites for hydroxylation is 2. The minimum Gasteiger partial charge on any atom is -0.326 e. The first-order valence-corrected chi connectivity index (χ1v) is 7.72. The molecule has 0 spiro atoms. The van der Waals surface area contributed by atoms with Crippen molar-refractivity contribution in [3.05, 3.63) is 28.7 Å². The molecule has 1 atom stereocenters. The smallest absolute Gasteiger partial charge is 0.326 e. The van der Waals surface area contributed by atoms with Gasteiger partial charge in [-0.1, -0.05) is 0 Å². The van der Waals surface area contributed by atoms with Gasteiger partial charge in [0.25, 0.3) is 0 Å². The summed E-state index contributed by atoms with van der Waals surface area (Å²) in [6.07, 6.45) is 2.62. The van der Waals surface area contributed by atoms with Gasteiger partial charge in [-0.15, -0.1) is 12.4 Å². The Labute approximate surface area is 141 Å². The van der Waals surface area contributed by atoms with Crippen molar-refractivity contribution in [1.82, 2.24) is 14.5 Å². The van der Waals surface area contributed by atoms with Crippen molar-refractivity contribution >= 4 is 35.0 Å². The third kappa shape index (κ3) is 3.59. The van der Waals surface area contributed by atoms with Crippen molar-refractivity contribution in [2.45, 2.75) is 19.3 Å². The molecule has 0 bridgehead atoms. The van der Waals surface area contributed by atoms with E-state index in [0.717, 1.165) is 42.7 Å². The van der Waals surface area contributed by atoms with E-state index < -0.39 is 0 Å². The van der Waals surface area contributed by atoms with Gasteiger partial charge in [0.2, 0.25) is 5.91 Å². The Morgan fingerprint density at radius 3 is 2.74 bits per heavy atom. The van der Waals surface area contributed by atoms with Gasteiger partial charge >= 0.3 is 5.69 Å². The van der Waals surface area contributed by atoms with Crippen molar-refractivity contribution in [3.63, 3.8) is 0 Å². The second-order valence-corrected chi connectivity index (χ2v) is 6.05. The lowest BCUT2D eigenvalue weighted by molar-refractivity contribution is -0.116. The lowest BCUT2D eigenvalue weighted by Gasteiger charge is -2.09. The summed E-state index contributed by atoms with van der Waals surface area (Å²) < 4.78 is 3.20. The van der Waals surface area contributed by atoms with E-state index in [4.69, 9.17) is 0 Å². The summed E-state index contributed by atoms with van der Waals surface area (Å²) in [7, 11) is 3.49. The van der Waals surface area contributed by atoms with Crippen molar-refractivity contribution in [2.24, 2.45) is 20.0 Å². The lowest BCUT2D eigenvalue weighted by atomic mass is 10.0. The number of rotatable bonds is 4. The molecule has 0 radical (unpaired) electrons. The van der Waals surface area contributed by atoms with Crippen LogP contribution in [0.3, 0.4) is 0 Å². The Morgan fingerprint density at radius 2 is 2.04 bits per heavy atom. The molecule has 1 aliphatic rings. The van der Waals surface area contributed by atoms with Gasteiger partial charge < -0.3 is 10.6 Å². The molecule has 23 heavy (non-hydrogen) atoms. The molecule has 1 saturated heterocycles. The highest BCUT2D eigenvalue weighted by Crippen LogP contribution is 2.19. The van der Waals surface area contributed by atoms with Crippen LogP contribution in [0, 0.1) is 5.92 Å². The molecule has 2 N–H and O–H groups in total. The maximum absolute atomic E-state index is 12.1. The van der Waals surface area contributed by atoms with E-state index in [1.165, 1.54) is 0 Å². The van der Waals surface area contributed by atoms with Crippen molar-refractivity contribution in [2.75, 3.05) is 18.4 Å². The first-order chi connectivity index (χ1) is 10.6. The molecule has 6 nitrogen and oxygen atoms in total. The van der Waals surface area contributed by atoms with Gasteiger partial charge in [0, 0.05) is 26.2 Å². The highest BCUT2D eigenvalue weighted by atomic mass is 35.5. The number of nitrogens with zero attached hydrogens (tertiary/aromatic N) is 2. The molecule has 1 unspecified atom stereocenters. The SMILES string of the molecule is Cl.Cn1c(=O)n(C)c2cc(NC(=O)CCC3CCNC3)ccc21. The van der Waals surface area contributed by atoms with E-state index in [2.05, 4.69) is 10.6 Å². The second-order valence-electron chi connectivity index (χ2n) is 6.05. The first-order valence-electron chi connectivity index (χ1n) is 7.72. The molecule has 1 amide bonds. The van der Waals surface area contributed by atoms with E-state index in [1.54, 1.807) is 23.2 Å². The molecule has 2 heterocycles. The van der Waals surface area contributed by atoms with Crippen LogP contribution in [0.2, 0.25) is 0 Å². The number of imidazole rings is 1. The van der Waals surface area contributed by atoms with Crippen LogP contribution < -0.4 is 16.3 Å². The van der Waals surface area contributed by atoms with Crippen molar-refractivity contribution in [3.8, 4) is 0 Å². The zero-order chi connectivity index (χ0) is 15.7. The minimum atomic E-state index is -0.0628. The number of halogens is 1. The zero-order valence-corrected chi connectivity index (χ0v) is 14.3. The van der Waals surface area contributed by atoms with E-state index >= 15 is 0 Å². The number of hydrogen-bond acceptors (Lipinski definition) is 3. The average Bonchev–Trinajstić information content (AvgIpc) is 3.10. The predicted octanol–water partition coefficient (Wildman–Crippen LogP) is 1.63. The Kier molecular flexibility index (Phi) is 5.49. The van der Waals surface area contributed by atoms with Gasteiger partial charge in [-0.05, 0) is 50.0 Å². The lowest BCUT2D eigenvalue weighted by Crippen LogP contribution is -2.19. The summed E-state index contributed by atoms with van der Waals surface area (Å²) in [6.45, 7) is 2.08. The molecule has 1 aromatic carbocycles. The molecular weight excluding hydrogens is 316 g/mol. The molecule has 1 aliphatic heterocycles. The summed E-state index contributed by atoms with van der Waals surface area (Å²) >= 11 is 0. The molecule has 126 valence electrons. The van der Waals surface area contributed by atoms with Gasteiger partial charge in [-0.25, -0.2) is 4.79 Å². The normalized spacial score (nSPS) is 17.2. The van der Waals surface area contributed by atoms with E-state index in [-0.39, 0.29) is 24.0 Å². The van der Waals surface area contributed by atoms with Crippen LogP contribution in [0.25, 0.3) is 11.0 Å². The van der Waals surface area contributed by atoms with E-state index in [1.807, 2.05) is 18.2 Å². The zero-order valence-electron chi connectivity index (χ0n) is 13.5. The Bertz CT molecular complexity index is 759. The van der Waals surface area contributed by atoms with Gasteiger partial charge in [0.1, 0.15) is 0 Å². The standard InChI is InChI=1S/C16H22N4O2.ClH/c1-19-13-5-4-12(9-14(13)20(2)16(19)22)18-15(21)6-3-11-7-8-17-10-11;/h4-5,9,11,17H,3,6-8,10H2,1-2H3,(H,18,21);1H. The van der Waals surface area contributed by atoms with E-state index in [9.17, 15) is 9.59 Å². The number of benzene rings is 1. The highest BCUT2D eigenvalue weighted by molar-refractivity contribution is 5.93. The number of anilines is 1. The van der Waals surface area contributed by atoms with Crippen LogP contribution in [0.4, 0.5) is 5.69 Å². The van der Waals surface area contributed by atoms with Gasteiger partial charge in [0.15, 0.2) is 0 Å². The molecule has 0 aliphatic carbocycles. The summed E-state index contributed by atoms with van der Waals surface area (Å²) in [6, 6.07) is 5.57. The van der Waals surface area contributed by atoms with Crippen LogP contribution in [0.15, 0.2) is 23.0 Å². The number of aromatic nitrogens is 2. The molecule has 2 aromatic rings. The van der Waals surface area contributed by atoms with Gasteiger partial charge in [-0.2, -0.15) is 0 Å². The number of carbonyl (C=O) groups is 1. The van der Waals surface area contributed by atoms with Crippen LogP contribution in [-0.4, -0.2) is 28.1 Å². The molecule has 1 fully saturated rings. The number of amides is 1. The topological polar surface area (TPSA) is 68.1 Å². The molecular formula is C16H23ClN4O2. The Hall–Kier alpha value is -1.79. The minimum absolute atomic E-state index is 0. The van der Waals surface area contributed by atoms with Crippen LogP contribution in [0.5, 0.6) is 0 Å². The first kappa shape index (κ1) is 17.6. The fraction of sp³-hybridized carbons (Fsp3) is 0.500. The number of nitrogens with one attached hydrogen (secondary N) is 2.